The second kappa shape index (κ2) is 7.02. The molecule has 1 aromatic carbocycles. The number of benzene rings is 1. The van der Waals surface area contributed by atoms with Crippen LogP contribution in [0, 0.1) is 0 Å². The summed E-state index contributed by atoms with van der Waals surface area (Å²) in [4.78, 5) is 24.8. The molecule has 0 N–H and O–H groups in total. The third-order valence-electron chi connectivity index (χ3n) is 2.77. The summed E-state index contributed by atoms with van der Waals surface area (Å²) in [6.45, 7) is 4.86. The van der Waals surface area contributed by atoms with E-state index in [1.54, 1.807) is 20.8 Å². The van der Waals surface area contributed by atoms with Crippen LogP contribution in [0.4, 0.5) is 18.0 Å². The minimum absolute atomic E-state index is 0.183. The number of rotatable bonds is 4. The van der Waals surface area contributed by atoms with Gasteiger partial charge in [-0.2, -0.15) is 13.2 Å². The molecule has 0 bridgehead atoms. The molecular formula is C16H20F3NO3. The summed E-state index contributed by atoms with van der Waals surface area (Å²) in [5, 5.41) is 0. The molecular weight excluding hydrogens is 311 g/mol. The molecule has 0 aliphatic heterocycles. The predicted molar refractivity (Wildman–Crippen MR) is 79.0 cm³/mol. The van der Waals surface area contributed by atoms with Gasteiger partial charge in [-0.3, -0.25) is 4.79 Å². The fraction of sp³-hybridized carbons (Fsp3) is 0.500. The molecule has 0 aromatic heterocycles. The van der Waals surface area contributed by atoms with E-state index < -0.39 is 23.4 Å². The van der Waals surface area contributed by atoms with Gasteiger partial charge in [-0.1, -0.05) is 18.2 Å². The zero-order valence-corrected chi connectivity index (χ0v) is 13.5. The number of nitrogens with zero attached hydrogens (tertiary/aromatic N) is 1. The van der Waals surface area contributed by atoms with E-state index in [9.17, 15) is 22.8 Å². The first-order chi connectivity index (χ1) is 10.4. The highest BCUT2D eigenvalue weighted by atomic mass is 19.4. The predicted octanol–water partition coefficient (Wildman–Crippen LogP) is 3.68. The van der Waals surface area contributed by atoms with Crippen molar-refractivity contribution in [1.82, 2.24) is 4.90 Å². The highest BCUT2D eigenvalue weighted by Gasteiger charge is 2.30. The Labute approximate surface area is 133 Å². The highest BCUT2D eigenvalue weighted by Crippen LogP contribution is 2.29. The summed E-state index contributed by atoms with van der Waals surface area (Å²) in [6, 6.07) is 4.58. The number of ketones is 1. The van der Waals surface area contributed by atoms with Gasteiger partial charge >= 0.3 is 12.3 Å². The topological polar surface area (TPSA) is 46.6 Å². The highest BCUT2D eigenvalue weighted by molar-refractivity contribution is 5.85. The third kappa shape index (κ3) is 6.71. The van der Waals surface area contributed by atoms with Gasteiger partial charge in [-0.25, -0.2) is 4.79 Å². The van der Waals surface area contributed by atoms with Crippen LogP contribution in [0.25, 0.3) is 0 Å². The average molecular weight is 331 g/mol. The number of carbonyl (C=O) groups excluding carboxylic acids is 2. The molecule has 0 atom stereocenters. The van der Waals surface area contributed by atoms with Crippen molar-refractivity contribution in [3.63, 3.8) is 0 Å². The fourth-order valence-corrected chi connectivity index (χ4v) is 1.81. The minimum atomic E-state index is -4.45. The van der Waals surface area contributed by atoms with E-state index >= 15 is 0 Å². The van der Waals surface area contributed by atoms with Gasteiger partial charge in [0, 0.05) is 13.5 Å². The molecule has 1 amide bonds. The van der Waals surface area contributed by atoms with E-state index in [0.717, 1.165) is 17.0 Å². The summed E-state index contributed by atoms with van der Waals surface area (Å²) in [5.74, 6) is -0.377. The first-order valence-corrected chi connectivity index (χ1v) is 7.00. The van der Waals surface area contributed by atoms with E-state index in [-0.39, 0.29) is 24.3 Å². The summed E-state index contributed by atoms with van der Waals surface area (Å²) in [6.07, 6.45) is -5.29. The van der Waals surface area contributed by atoms with Gasteiger partial charge in [0.2, 0.25) is 0 Å². The smallest absolute Gasteiger partial charge is 0.416 e. The van der Waals surface area contributed by atoms with Crippen LogP contribution in [0.5, 0.6) is 0 Å². The van der Waals surface area contributed by atoms with Crippen molar-refractivity contribution in [2.45, 2.75) is 39.0 Å². The van der Waals surface area contributed by atoms with E-state index in [1.807, 2.05) is 0 Å². The number of carbonyl (C=O) groups is 2. The van der Waals surface area contributed by atoms with Crippen molar-refractivity contribution in [1.29, 1.82) is 0 Å². The molecule has 0 aliphatic carbocycles. The molecule has 4 nitrogen and oxygen atoms in total. The van der Waals surface area contributed by atoms with Gasteiger partial charge in [0.05, 0.1) is 12.1 Å². The standard InChI is InChI=1S/C16H20F3NO3/c1-15(2,3)23-14(22)20(4)10-13(21)9-11-6-5-7-12(8-11)16(17,18)19/h5-8H,9-10H2,1-4H3. The molecule has 0 spiro atoms. The first-order valence-electron chi connectivity index (χ1n) is 7.00. The zero-order valence-electron chi connectivity index (χ0n) is 13.5. The summed E-state index contributed by atoms with van der Waals surface area (Å²) >= 11 is 0. The molecule has 1 aromatic rings. The summed E-state index contributed by atoms with van der Waals surface area (Å²) in [5.41, 5.74) is -1.24. The maximum atomic E-state index is 12.6. The largest absolute Gasteiger partial charge is 0.444 e. The molecule has 7 heteroatoms. The number of amides is 1. The Morgan fingerprint density at radius 2 is 1.78 bits per heavy atom. The second-order valence-electron chi connectivity index (χ2n) is 6.25. The maximum Gasteiger partial charge on any atom is 0.416 e. The monoisotopic (exact) mass is 331 g/mol. The molecule has 0 fully saturated rings. The Balaban J connectivity index is 2.65. The molecule has 0 saturated heterocycles. The number of likely N-dealkylation sites (N-methyl/N-ethyl adjacent to an activating group) is 1. The molecule has 0 heterocycles. The Hall–Kier alpha value is -2.05. The summed E-state index contributed by atoms with van der Waals surface area (Å²) < 4.78 is 43.0. The molecule has 23 heavy (non-hydrogen) atoms. The number of Topliss-reactive ketones (excluding diaryl/α,β-unsaturated/α-hetero) is 1. The van der Waals surface area contributed by atoms with Gasteiger partial charge in [-0.05, 0) is 32.4 Å². The van der Waals surface area contributed by atoms with E-state index in [4.69, 9.17) is 4.74 Å². The number of ether oxygens (including phenoxy) is 1. The Bertz CT molecular complexity index is 577. The van der Waals surface area contributed by atoms with Crippen LogP contribution in [0.3, 0.4) is 0 Å². The SMILES string of the molecule is CN(CC(=O)Cc1cccc(C(F)(F)F)c1)C(=O)OC(C)(C)C. The quantitative estimate of drug-likeness (QED) is 0.845. The molecule has 0 aliphatic rings. The first kappa shape index (κ1) is 19.0. The van der Waals surface area contributed by atoms with Crippen molar-refractivity contribution in [2.75, 3.05) is 13.6 Å². The number of hydrogen-bond acceptors (Lipinski definition) is 3. The van der Waals surface area contributed by atoms with Crippen LogP contribution < -0.4 is 0 Å². The van der Waals surface area contributed by atoms with Gasteiger partial charge in [0.15, 0.2) is 5.78 Å². The van der Waals surface area contributed by atoms with Gasteiger partial charge in [0.25, 0.3) is 0 Å². The van der Waals surface area contributed by atoms with Crippen molar-refractivity contribution < 1.29 is 27.5 Å². The normalized spacial score (nSPS) is 12.0. The van der Waals surface area contributed by atoms with Crippen molar-refractivity contribution in [3.05, 3.63) is 35.4 Å². The van der Waals surface area contributed by atoms with Crippen LogP contribution in [0.1, 0.15) is 31.9 Å². The van der Waals surface area contributed by atoms with Crippen LogP contribution in [-0.2, 0) is 22.1 Å². The Morgan fingerprint density at radius 3 is 2.30 bits per heavy atom. The molecule has 0 unspecified atom stereocenters. The van der Waals surface area contributed by atoms with Crippen molar-refractivity contribution in [2.24, 2.45) is 0 Å². The van der Waals surface area contributed by atoms with E-state index in [1.165, 1.54) is 19.2 Å². The third-order valence-corrected chi connectivity index (χ3v) is 2.77. The second-order valence-corrected chi connectivity index (χ2v) is 6.25. The van der Waals surface area contributed by atoms with Gasteiger partial charge in [0.1, 0.15) is 5.60 Å². The lowest BCUT2D eigenvalue weighted by molar-refractivity contribution is -0.137. The van der Waals surface area contributed by atoms with Crippen molar-refractivity contribution >= 4 is 11.9 Å². The van der Waals surface area contributed by atoms with Crippen LogP contribution in [0.2, 0.25) is 0 Å². The Morgan fingerprint density at radius 1 is 1.17 bits per heavy atom. The molecule has 128 valence electrons. The van der Waals surface area contributed by atoms with Gasteiger partial charge < -0.3 is 9.64 Å². The van der Waals surface area contributed by atoms with Crippen molar-refractivity contribution in [3.8, 4) is 0 Å². The lowest BCUT2D eigenvalue weighted by Crippen LogP contribution is -2.37. The number of alkyl halides is 3. The molecule has 1 rings (SSSR count). The Kier molecular flexibility index (Phi) is 5.80. The molecule has 0 radical (unpaired) electrons. The van der Waals surface area contributed by atoms with Crippen LogP contribution in [-0.4, -0.2) is 36.0 Å². The minimum Gasteiger partial charge on any atom is -0.444 e. The summed E-state index contributed by atoms with van der Waals surface area (Å²) in [7, 11) is 1.40. The average Bonchev–Trinajstić information content (AvgIpc) is 2.35. The lowest BCUT2D eigenvalue weighted by Gasteiger charge is -2.24. The zero-order chi connectivity index (χ0) is 17.8. The lowest BCUT2D eigenvalue weighted by atomic mass is 10.1. The molecule has 0 saturated carbocycles. The number of hydrogen-bond donors (Lipinski definition) is 0. The fourth-order valence-electron chi connectivity index (χ4n) is 1.81. The number of halogens is 3. The van der Waals surface area contributed by atoms with Gasteiger partial charge in [-0.15, -0.1) is 0 Å². The van der Waals surface area contributed by atoms with E-state index in [2.05, 4.69) is 0 Å². The van der Waals surface area contributed by atoms with E-state index in [0.29, 0.717) is 0 Å². The van der Waals surface area contributed by atoms with Crippen LogP contribution in [0.15, 0.2) is 24.3 Å². The van der Waals surface area contributed by atoms with Crippen LogP contribution >= 0.6 is 0 Å². The maximum absolute atomic E-state index is 12.6.